The molecule has 0 bridgehead atoms. The zero-order chi connectivity index (χ0) is 15.9. The molecule has 0 unspecified atom stereocenters. The number of nitrogens with zero attached hydrogens (tertiary/aromatic N) is 2. The number of benzene rings is 1. The van der Waals surface area contributed by atoms with Crippen molar-refractivity contribution in [1.82, 2.24) is 9.97 Å². The van der Waals surface area contributed by atoms with E-state index in [4.69, 9.17) is 9.15 Å². The maximum Gasteiger partial charge on any atom is 0.229 e. The molecular formula is C17H18N4O2. The van der Waals surface area contributed by atoms with E-state index in [1.54, 1.807) is 12.5 Å². The largest absolute Gasteiger partial charge is 0.492 e. The Morgan fingerprint density at radius 2 is 2.04 bits per heavy atom. The molecule has 0 atom stereocenters. The van der Waals surface area contributed by atoms with Gasteiger partial charge in [0.15, 0.2) is 0 Å². The summed E-state index contributed by atoms with van der Waals surface area (Å²) in [5.41, 5.74) is 0.831. The first-order chi connectivity index (χ1) is 11.3. The number of hydrogen-bond donors (Lipinski definition) is 2. The third-order valence-electron chi connectivity index (χ3n) is 3.11. The number of ether oxygens (including phenoxy) is 1. The summed E-state index contributed by atoms with van der Waals surface area (Å²) in [7, 11) is 0. The van der Waals surface area contributed by atoms with Gasteiger partial charge in [0.05, 0.1) is 25.1 Å². The molecule has 0 spiro atoms. The molecular weight excluding hydrogens is 292 g/mol. The molecule has 0 aliphatic carbocycles. The molecule has 3 rings (SSSR count). The smallest absolute Gasteiger partial charge is 0.229 e. The molecule has 2 N–H and O–H groups in total. The van der Waals surface area contributed by atoms with E-state index >= 15 is 0 Å². The van der Waals surface area contributed by atoms with Gasteiger partial charge in [0.1, 0.15) is 17.3 Å². The highest BCUT2D eigenvalue weighted by atomic mass is 16.5. The van der Waals surface area contributed by atoms with Gasteiger partial charge in [-0.1, -0.05) is 12.1 Å². The Balaban J connectivity index is 1.70. The Morgan fingerprint density at radius 1 is 1.13 bits per heavy atom. The molecule has 6 heteroatoms. The van der Waals surface area contributed by atoms with Gasteiger partial charge in [0.25, 0.3) is 0 Å². The minimum absolute atomic E-state index is 0.501. The number of furan rings is 1. The molecule has 6 nitrogen and oxygen atoms in total. The summed E-state index contributed by atoms with van der Waals surface area (Å²) in [5, 5.41) is 6.38. The molecule has 0 aliphatic heterocycles. The highest BCUT2D eigenvalue weighted by Crippen LogP contribution is 2.26. The van der Waals surface area contributed by atoms with Gasteiger partial charge in [-0.3, -0.25) is 0 Å². The summed E-state index contributed by atoms with van der Waals surface area (Å²) in [5.74, 6) is 2.83. The topological polar surface area (TPSA) is 72.2 Å². The average molecular weight is 310 g/mol. The minimum atomic E-state index is 0.501. The van der Waals surface area contributed by atoms with E-state index in [-0.39, 0.29) is 0 Å². The second-order valence-electron chi connectivity index (χ2n) is 4.75. The van der Waals surface area contributed by atoms with E-state index in [1.807, 2.05) is 49.4 Å². The van der Waals surface area contributed by atoms with Gasteiger partial charge in [-0.05, 0) is 37.3 Å². The van der Waals surface area contributed by atoms with Crippen molar-refractivity contribution in [3.8, 4) is 5.75 Å². The first-order valence-electron chi connectivity index (χ1n) is 7.43. The van der Waals surface area contributed by atoms with Gasteiger partial charge < -0.3 is 19.8 Å². The van der Waals surface area contributed by atoms with Gasteiger partial charge in [0, 0.05) is 6.20 Å². The van der Waals surface area contributed by atoms with Crippen LogP contribution >= 0.6 is 0 Å². The monoisotopic (exact) mass is 310 g/mol. The predicted molar refractivity (Wildman–Crippen MR) is 89.0 cm³/mol. The molecule has 0 aliphatic rings. The summed E-state index contributed by atoms with van der Waals surface area (Å²) in [6.07, 6.45) is 3.34. The van der Waals surface area contributed by atoms with E-state index in [2.05, 4.69) is 20.6 Å². The number of anilines is 3. The van der Waals surface area contributed by atoms with E-state index in [1.165, 1.54) is 0 Å². The maximum absolute atomic E-state index is 5.59. The summed E-state index contributed by atoms with van der Waals surface area (Å²) < 4.78 is 10.9. The van der Waals surface area contributed by atoms with Crippen molar-refractivity contribution < 1.29 is 9.15 Å². The van der Waals surface area contributed by atoms with Crippen LogP contribution in [0, 0.1) is 0 Å². The van der Waals surface area contributed by atoms with Crippen molar-refractivity contribution in [3.05, 3.63) is 60.7 Å². The van der Waals surface area contributed by atoms with Gasteiger partial charge >= 0.3 is 0 Å². The quantitative estimate of drug-likeness (QED) is 0.691. The molecule has 118 valence electrons. The average Bonchev–Trinajstić information content (AvgIpc) is 3.09. The standard InChI is InChI=1S/C17H18N4O2/c1-2-22-15-8-4-3-7-14(15)20-17-18-10-9-16(21-17)19-12-13-6-5-11-23-13/h3-11H,2,12H2,1H3,(H2,18,19,20,21). The van der Waals surface area contributed by atoms with Crippen molar-refractivity contribution in [1.29, 1.82) is 0 Å². The second-order valence-corrected chi connectivity index (χ2v) is 4.75. The third-order valence-corrected chi connectivity index (χ3v) is 3.11. The van der Waals surface area contributed by atoms with Crippen LogP contribution in [0.3, 0.4) is 0 Å². The fraction of sp³-hybridized carbons (Fsp3) is 0.176. The lowest BCUT2D eigenvalue weighted by atomic mass is 10.3. The Hall–Kier alpha value is -3.02. The van der Waals surface area contributed by atoms with Crippen molar-refractivity contribution in [3.63, 3.8) is 0 Å². The van der Waals surface area contributed by atoms with E-state index in [0.717, 1.165) is 17.2 Å². The first kappa shape index (κ1) is 14.9. The van der Waals surface area contributed by atoms with Crippen LogP contribution in [0.1, 0.15) is 12.7 Å². The fourth-order valence-electron chi connectivity index (χ4n) is 2.08. The summed E-state index contributed by atoms with van der Waals surface area (Å²) in [6, 6.07) is 13.3. The van der Waals surface area contributed by atoms with Crippen molar-refractivity contribution in [2.24, 2.45) is 0 Å². The van der Waals surface area contributed by atoms with Crippen LogP contribution in [0.15, 0.2) is 59.3 Å². The molecule has 2 heterocycles. The minimum Gasteiger partial charge on any atom is -0.492 e. The zero-order valence-corrected chi connectivity index (χ0v) is 12.8. The molecule has 0 saturated carbocycles. The Kier molecular flexibility index (Phi) is 4.73. The van der Waals surface area contributed by atoms with Crippen LogP contribution < -0.4 is 15.4 Å². The summed E-state index contributed by atoms with van der Waals surface area (Å²) in [6.45, 7) is 3.12. The molecule has 0 radical (unpaired) electrons. The van der Waals surface area contributed by atoms with Crippen LogP contribution in [0.25, 0.3) is 0 Å². The molecule has 3 aromatic rings. The highest BCUT2D eigenvalue weighted by molar-refractivity contribution is 5.62. The lowest BCUT2D eigenvalue weighted by Crippen LogP contribution is -2.04. The van der Waals surface area contributed by atoms with Gasteiger partial charge in [0.2, 0.25) is 5.95 Å². The Bertz CT molecular complexity index is 744. The summed E-state index contributed by atoms with van der Waals surface area (Å²) >= 11 is 0. The van der Waals surface area contributed by atoms with Crippen LogP contribution in [-0.4, -0.2) is 16.6 Å². The predicted octanol–water partition coefficient (Wildman–Crippen LogP) is 3.82. The molecule has 0 amide bonds. The molecule has 2 aromatic heterocycles. The molecule has 23 heavy (non-hydrogen) atoms. The van der Waals surface area contributed by atoms with Crippen molar-refractivity contribution in [2.75, 3.05) is 17.2 Å². The normalized spacial score (nSPS) is 10.3. The van der Waals surface area contributed by atoms with Crippen molar-refractivity contribution >= 4 is 17.5 Å². The second kappa shape index (κ2) is 7.31. The van der Waals surface area contributed by atoms with Crippen LogP contribution in [0.5, 0.6) is 5.75 Å². The van der Waals surface area contributed by atoms with Gasteiger partial charge in [-0.2, -0.15) is 4.98 Å². The molecule has 0 fully saturated rings. The lowest BCUT2D eigenvalue weighted by molar-refractivity contribution is 0.342. The first-order valence-corrected chi connectivity index (χ1v) is 7.43. The van der Waals surface area contributed by atoms with Gasteiger partial charge in [-0.15, -0.1) is 0 Å². The van der Waals surface area contributed by atoms with Crippen LogP contribution in [0.4, 0.5) is 17.5 Å². The maximum atomic E-state index is 5.59. The fourth-order valence-corrected chi connectivity index (χ4v) is 2.08. The van der Waals surface area contributed by atoms with E-state index in [9.17, 15) is 0 Å². The lowest BCUT2D eigenvalue weighted by Gasteiger charge is -2.11. The Morgan fingerprint density at radius 3 is 2.87 bits per heavy atom. The SMILES string of the molecule is CCOc1ccccc1Nc1nccc(NCc2ccco2)n1. The third kappa shape index (κ3) is 4.00. The number of para-hydroxylation sites is 2. The number of aromatic nitrogens is 2. The van der Waals surface area contributed by atoms with Gasteiger partial charge in [-0.25, -0.2) is 4.98 Å². The zero-order valence-electron chi connectivity index (χ0n) is 12.8. The van der Waals surface area contributed by atoms with E-state index in [0.29, 0.717) is 24.9 Å². The number of rotatable bonds is 7. The summed E-state index contributed by atoms with van der Waals surface area (Å²) in [4.78, 5) is 8.68. The van der Waals surface area contributed by atoms with Crippen molar-refractivity contribution in [2.45, 2.75) is 13.5 Å². The van der Waals surface area contributed by atoms with Crippen LogP contribution in [-0.2, 0) is 6.54 Å². The molecule has 0 saturated heterocycles. The number of hydrogen-bond acceptors (Lipinski definition) is 6. The van der Waals surface area contributed by atoms with Crippen LogP contribution in [0.2, 0.25) is 0 Å². The highest BCUT2D eigenvalue weighted by Gasteiger charge is 2.05. The van der Waals surface area contributed by atoms with E-state index < -0.39 is 0 Å². The molecule has 1 aromatic carbocycles. The number of nitrogens with one attached hydrogen (secondary N) is 2. The Labute approximate surface area is 134 Å².